The lowest BCUT2D eigenvalue weighted by molar-refractivity contribution is -0.0512. The molecule has 1 aromatic carbocycles. The van der Waals surface area contributed by atoms with Crippen LogP contribution in [0.3, 0.4) is 0 Å². The quantitative estimate of drug-likeness (QED) is 0.805. The van der Waals surface area contributed by atoms with Gasteiger partial charge in [-0.05, 0) is 12.5 Å². The van der Waals surface area contributed by atoms with Gasteiger partial charge in [-0.1, -0.05) is 18.2 Å². The minimum atomic E-state index is -2.89. The van der Waals surface area contributed by atoms with Crippen LogP contribution in [0.25, 0.3) is 0 Å². The highest BCUT2D eigenvalue weighted by Crippen LogP contribution is 2.28. The molecule has 15 heavy (non-hydrogen) atoms. The minimum Gasteiger partial charge on any atom is -0.434 e. The average Bonchev–Trinajstić information content (AvgIpc) is 2.19. The topological polar surface area (TPSA) is 55.5 Å². The summed E-state index contributed by atoms with van der Waals surface area (Å²) in [5.74, 6) is 0.0500. The third kappa shape index (κ3) is 2.87. The molecule has 0 unspecified atom stereocenters. The highest BCUT2D eigenvalue weighted by atomic mass is 19.3. The molecule has 0 bridgehead atoms. The van der Waals surface area contributed by atoms with Crippen LogP contribution in [0.4, 0.5) is 8.78 Å². The fourth-order valence-corrected chi connectivity index (χ4v) is 1.32. The number of alkyl halides is 2. The van der Waals surface area contributed by atoms with Gasteiger partial charge in [-0.3, -0.25) is 0 Å². The molecule has 1 rings (SSSR count). The summed E-state index contributed by atoms with van der Waals surface area (Å²) in [7, 11) is 0. The molecule has 0 fully saturated rings. The predicted molar refractivity (Wildman–Crippen MR) is 51.8 cm³/mol. The number of para-hydroxylation sites is 1. The molecule has 0 saturated carbocycles. The van der Waals surface area contributed by atoms with Crippen LogP contribution < -0.4 is 10.5 Å². The van der Waals surface area contributed by atoms with Crippen LogP contribution >= 0.6 is 0 Å². The number of benzene rings is 1. The fourth-order valence-electron chi connectivity index (χ4n) is 1.32. The molecular formula is C10H13F2NO2. The molecule has 0 spiro atoms. The van der Waals surface area contributed by atoms with E-state index in [4.69, 9.17) is 10.8 Å². The summed E-state index contributed by atoms with van der Waals surface area (Å²) < 4.78 is 28.6. The van der Waals surface area contributed by atoms with Crippen LogP contribution in [-0.4, -0.2) is 18.3 Å². The zero-order chi connectivity index (χ0) is 11.4. The normalized spacial score (nSPS) is 12.9. The molecule has 1 atom stereocenters. The molecule has 0 amide bonds. The van der Waals surface area contributed by atoms with Crippen LogP contribution in [0, 0.1) is 6.92 Å². The van der Waals surface area contributed by atoms with E-state index in [1.165, 1.54) is 0 Å². The Hall–Kier alpha value is -1.20. The van der Waals surface area contributed by atoms with Crippen molar-refractivity contribution in [3.63, 3.8) is 0 Å². The molecule has 0 heterocycles. The highest BCUT2D eigenvalue weighted by molar-refractivity contribution is 5.42. The van der Waals surface area contributed by atoms with Gasteiger partial charge in [-0.25, -0.2) is 0 Å². The number of hydrogen-bond donors (Lipinski definition) is 2. The molecule has 0 aromatic heterocycles. The lowest BCUT2D eigenvalue weighted by atomic mass is 10.0. The van der Waals surface area contributed by atoms with E-state index >= 15 is 0 Å². The van der Waals surface area contributed by atoms with Crippen molar-refractivity contribution in [1.82, 2.24) is 0 Å². The van der Waals surface area contributed by atoms with Crippen LogP contribution in [-0.2, 0) is 0 Å². The largest absolute Gasteiger partial charge is 0.434 e. The smallest absolute Gasteiger partial charge is 0.387 e. The maximum Gasteiger partial charge on any atom is 0.387 e. The molecule has 0 aliphatic heterocycles. The van der Waals surface area contributed by atoms with E-state index in [1.54, 1.807) is 25.1 Å². The second-order valence-electron chi connectivity index (χ2n) is 3.16. The van der Waals surface area contributed by atoms with E-state index in [0.717, 1.165) is 0 Å². The number of halogens is 2. The van der Waals surface area contributed by atoms with E-state index in [1.807, 2.05) is 0 Å². The van der Waals surface area contributed by atoms with Crippen LogP contribution in [0.15, 0.2) is 18.2 Å². The molecule has 0 radical (unpaired) electrons. The molecule has 5 heteroatoms. The Morgan fingerprint density at radius 3 is 2.67 bits per heavy atom. The molecule has 0 saturated heterocycles. The molecule has 84 valence electrons. The van der Waals surface area contributed by atoms with Gasteiger partial charge >= 0.3 is 6.61 Å². The number of hydrogen-bond acceptors (Lipinski definition) is 3. The van der Waals surface area contributed by atoms with Crippen LogP contribution in [0.1, 0.15) is 17.2 Å². The third-order valence-electron chi connectivity index (χ3n) is 2.05. The van der Waals surface area contributed by atoms with Crippen molar-refractivity contribution in [3.05, 3.63) is 29.3 Å². The molecular weight excluding hydrogens is 204 g/mol. The van der Waals surface area contributed by atoms with Crippen LogP contribution in [0.5, 0.6) is 5.75 Å². The Morgan fingerprint density at radius 2 is 2.13 bits per heavy atom. The SMILES string of the molecule is Cc1cccc([C@@H](N)CO)c1OC(F)F. The molecule has 3 N–H and O–H groups in total. The lowest BCUT2D eigenvalue weighted by Crippen LogP contribution is -2.17. The lowest BCUT2D eigenvalue weighted by Gasteiger charge is -2.16. The van der Waals surface area contributed by atoms with E-state index in [9.17, 15) is 8.78 Å². The number of aryl methyl sites for hydroxylation is 1. The van der Waals surface area contributed by atoms with Crippen LogP contribution in [0.2, 0.25) is 0 Å². The zero-order valence-corrected chi connectivity index (χ0v) is 8.28. The van der Waals surface area contributed by atoms with Crippen molar-refractivity contribution in [2.75, 3.05) is 6.61 Å². The minimum absolute atomic E-state index is 0.0500. The fraction of sp³-hybridized carbons (Fsp3) is 0.400. The summed E-state index contributed by atoms with van der Waals surface area (Å²) >= 11 is 0. The molecule has 3 nitrogen and oxygen atoms in total. The standard InChI is InChI=1S/C10H13F2NO2/c1-6-3-2-4-7(8(13)5-14)9(6)15-10(11)12/h2-4,8,10,14H,5,13H2,1H3/t8-/m0/s1. The van der Waals surface area contributed by atoms with Crippen molar-refractivity contribution in [2.24, 2.45) is 5.73 Å². The zero-order valence-electron chi connectivity index (χ0n) is 8.28. The first-order valence-corrected chi connectivity index (χ1v) is 4.47. The second-order valence-corrected chi connectivity index (χ2v) is 3.16. The van der Waals surface area contributed by atoms with Gasteiger partial charge in [0, 0.05) is 5.56 Å². The maximum absolute atomic E-state index is 12.1. The third-order valence-corrected chi connectivity index (χ3v) is 2.05. The van der Waals surface area contributed by atoms with E-state index in [0.29, 0.717) is 11.1 Å². The van der Waals surface area contributed by atoms with Gasteiger partial charge in [0.25, 0.3) is 0 Å². The molecule has 1 aromatic rings. The first-order valence-electron chi connectivity index (χ1n) is 4.47. The van der Waals surface area contributed by atoms with Gasteiger partial charge in [-0.15, -0.1) is 0 Å². The molecule has 0 aliphatic rings. The summed E-state index contributed by atoms with van der Waals surface area (Å²) in [6.45, 7) is -1.57. The molecule has 0 aliphatic carbocycles. The Labute approximate surface area is 86.5 Å². The van der Waals surface area contributed by atoms with Gasteiger partial charge in [0.15, 0.2) is 0 Å². The second kappa shape index (κ2) is 5.04. The van der Waals surface area contributed by atoms with Gasteiger partial charge in [0.2, 0.25) is 0 Å². The Kier molecular flexibility index (Phi) is 3.99. The number of rotatable bonds is 4. The number of aliphatic hydroxyl groups is 1. The summed E-state index contributed by atoms with van der Waals surface area (Å²) in [5, 5.41) is 8.87. The highest BCUT2D eigenvalue weighted by Gasteiger charge is 2.16. The van der Waals surface area contributed by atoms with Crippen molar-refractivity contribution >= 4 is 0 Å². The maximum atomic E-state index is 12.1. The number of nitrogens with two attached hydrogens (primary N) is 1. The predicted octanol–water partition coefficient (Wildman–Crippen LogP) is 1.59. The van der Waals surface area contributed by atoms with Crippen molar-refractivity contribution in [1.29, 1.82) is 0 Å². The van der Waals surface area contributed by atoms with E-state index in [-0.39, 0.29) is 12.4 Å². The summed E-state index contributed by atoms with van der Waals surface area (Å²) in [4.78, 5) is 0. The Balaban J connectivity index is 3.08. The van der Waals surface area contributed by atoms with Gasteiger partial charge < -0.3 is 15.6 Å². The van der Waals surface area contributed by atoms with Gasteiger partial charge in [-0.2, -0.15) is 8.78 Å². The monoisotopic (exact) mass is 217 g/mol. The summed E-state index contributed by atoms with van der Waals surface area (Å²) in [6, 6.07) is 4.17. The summed E-state index contributed by atoms with van der Waals surface area (Å²) in [5.41, 5.74) is 6.52. The van der Waals surface area contributed by atoms with Crippen molar-refractivity contribution in [2.45, 2.75) is 19.6 Å². The van der Waals surface area contributed by atoms with E-state index in [2.05, 4.69) is 4.74 Å². The number of aliphatic hydroxyl groups excluding tert-OH is 1. The van der Waals surface area contributed by atoms with Crippen molar-refractivity contribution in [3.8, 4) is 5.75 Å². The van der Waals surface area contributed by atoms with Gasteiger partial charge in [0.1, 0.15) is 5.75 Å². The first-order chi connectivity index (χ1) is 7.06. The Morgan fingerprint density at radius 1 is 1.47 bits per heavy atom. The van der Waals surface area contributed by atoms with Crippen molar-refractivity contribution < 1.29 is 18.6 Å². The summed E-state index contributed by atoms with van der Waals surface area (Å²) in [6.07, 6.45) is 0. The number of ether oxygens (including phenoxy) is 1. The van der Waals surface area contributed by atoms with E-state index < -0.39 is 12.7 Å². The Bertz CT molecular complexity index is 331. The average molecular weight is 217 g/mol. The first kappa shape index (κ1) is 11.9. The van der Waals surface area contributed by atoms with Gasteiger partial charge in [0.05, 0.1) is 12.6 Å².